The Kier molecular flexibility index (Phi) is 10.0. The van der Waals surface area contributed by atoms with Crippen LogP contribution in [0.5, 0.6) is 0 Å². The second-order valence-electron chi connectivity index (χ2n) is 5.44. The minimum atomic E-state index is -0.190. The van der Waals surface area contributed by atoms with Gasteiger partial charge in [-0.3, -0.25) is 4.99 Å². The molecule has 1 aromatic carbocycles. The van der Waals surface area contributed by atoms with Gasteiger partial charge < -0.3 is 15.5 Å². The van der Waals surface area contributed by atoms with Crippen LogP contribution in [0.1, 0.15) is 32.8 Å². The number of guanidine groups is 1. The zero-order valence-electron chi connectivity index (χ0n) is 14.7. The first-order valence-electron chi connectivity index (χ1n) is 8.68. The molecule has 0 spiro atoms. The first-order chi connectivity index (χ1) is 11.2. The summed E-state index contributed by atoms with van der Waals surface area (Å²) in [5, 5.41) is 6.59. The van der Waals surface area contributed by atoms with E-state index in [1.807, 2.05) is 12.1 Å². The van der Waals surface area contributed by atoms with Crippen molar-refractivity contribution in [3.8, 4) is 0 Å². The first kappa shape index (κ1) is 19.4. The van der Waals surface area contributed by atoms with Gasteiger partial charge in [-0.2, -0.15) is 0 Å². The first-order valence-corrected chi connectivity index (χ1v) is 8.68. The fourth-order valence-electron chi connectivity index (χ4n) is 2.34. The van der Waals surface area contributed by atoms with Crippen molar-refractivity contribution in [2.24, 2.45) is 4.99 Å². The summed E-state index contributed by atoms with van der Waals surface area (Å²) >= 11 is 0. The highest BCUT2D eigenvalue weighted by Crippen LogP contribution is 2.02. The third-order valence-corrected chi connectivity index (χ3v) is 3.76. The molecule has 130 valence electrons. The molecule has 4 nitrogen and oxygen atoms in total. The summed E-state index contributed by atoms with van der Waals surface area (Å²) < 4.78 is 12.9. The van der Waals surface area contributed by atoms with Crippen LogP contribution in [-0.4, -0.2) is 50.1 Å². The van der Waals surface area contributed by atoms with Crippen LogP contribution >= 0.6 is 0 Å². The Morgan fingerprint density at radius 3 is 2.39 bits per heavy atom. The molecular weight excluding hydrogens is 291 g/mol. The van der Waals surface area contributed by atoms with Crippen molar-refractivity contribution in [2.45, 2.75) is 33.6 Å². The third kappa shape index (κ3) is 8.55. The molecule has 0 aliphatic rings. The van der Waals surface area contributed by atoms with Gasteiger partial charge in [0.1, 0.15) is 5.82 Å². The molecule has 0 saturated heterocycles. The predicted octanol–water partition coefficient (Wildman–Crippen LogP) is 2.66. The molecule has 1 aromatic rings. The van der Waals surface area contributed by atoms with E-state index in [4.69, 9.17) is 0 Å². The van der Waals surface area contributed by atoms with Gasteiger partial charge in [-0.15, -0.1) is 0 Å². The molecule has 0 saturated carbocycles. The number of rotatable bonds is 10. The highest BCUT2D eigenvalue weighted by molar-refractivity contribution is 5.79. The lowest BCUT2D eigenvalue weighted by Crippen LogP contribution is -2.38. The Labute approximate surface area is 140 Å². The highest BCUT2D eigenvalue weighted by atomic mass is 19.1. The fraction of sp³-hybridized carbons (Fsp3) is 0.611. The van der Waals surface area contributed by atoms with Crippen LogP contribution in [0.15, 0.2) is 29.3 Å². The van der Waals surface area contributed by atoms with Gasteiger partial charge in [0.25, 0.3) is 0 Å². The van der Waals surface area contributed by atoms with Gasteiger partial charge in [0.2, 0.25) is 0 Å². The van der Waals surface area contributed by atoms with E-state index in [2.05, 4.69) is 41.3 Å². The Morgan fingerprint density at radius 2 is 1.78 bits per heavy atom. The summed E-state index contributed by atoms with van der Waals surface area (Å²) in [5.41, 5.74) is 1.12. The largest absolute Gasteiger partial charge is 0.357 e. The van der Waals surface area contributed by atoms with Crippen molar-refractivity contribution < 1.29 is 4.39 Å². The molecule has 2 N–H and O–H groups in total. The predicted molar refractivity (Wildman–Crippen MR) is 96.5 cm³/mol. The molecule has 0 heterocycles. The molecule has 0 bridgehead atoms. The Balaban J connectivity index is 2.32. The molecule has 0 atom stereocenters. The average Bonchev–Trinajstić information content (AvgIpc) is 2.56. The van der Waals surface area contributed by atoms with Crippen molar-refractivity contribution >= 4 is 5.96 Å². The highest BCUT2D eigenvalue weighted by Gasteiger charge is 2.00. The molecule has 23 heavy (non-hydrogen) atoms. The number of nitrogens with zero attached hydrogens (tertiary/aromatic N) is 2. The Hall–Kier alpha value is -1.62. The van der Waals surface area contributed by atoms with Crippen molar-refractivity contribution in [1.29, 1.82) is 0 Å². The van der Waals surface area contributed by atoms with Crippen LogP contribution in [-0.2, 0) is 6.42 Å². The van der Waals surface area contributed by atoms with Gasteiger partial charge >= 0.3 is 0 Å². The van der Waals surface area contributed by atoms with Crippen LogP contribution in [0.4, 0.5) is 4.39 Å². The van der Waals surface area contributed by atoms with Gasteiger partial charge in [-0.25, -0.2) is 4.39 Å². The van der Waals surface area contributed by atoms with Gasteiger partial charge in [0.15, 0.2) is 5.96 Å². The molecule has 0 aromatic heterocycles. The second kappa shape index (κ2) is 11.9. The average molecular weight is 322 g/mol. The molecule has 0 aliphatic carbocycles. The van der Waals surface area contributed by atoms with Gasteiger partial charge in [-0.1, -0.05) is 26.0 Å². The van der Waals surface area contributed by atoms with Crippen LogP contribution in [0.2, 0.25) is 0 Å². The number of hydrogen-bond donors (Lipinski definition) is 2. The number of benzene rings is 1. The zero-order chi connectivity index (χ0) is 16.9. The quantitative estimate of drug-likeness (QED) is 0.395. The lowest BCUT2D eigenvalue weighted by molar-refractivity contribution is 0.302. The van der Waals surface area contributed by atoms with Crippen LogP contribution in [0, 0.1) is 5.82 Å². The van der Waals surface area contributed by atoms with E-state index in [9.17, 15) is 4.39 Å². The lowest BCUT2D eigenvalue weighted by atomic mass is 10.1. The second-order valence-corrected chi connectivity index (χ2v) is 5.44. The summed E-state index contributed by atoms with van der Waals surface area (Å²) in [6.45, 7) is 12.2. The SMILES string of the molecule is CCNC(=NCCCN(CC)CC)NCCc1ccc(F)cc1. The molecule has 0 fully saturated rings. The van der Waals surface area contributed by atoms with Crippen LogP contribution in [0.25, 0.3) is 0 Å². The summed E-state index contributed by atoms with van der Waals surface area (Å²) in [6.07, 6.45) is 1.92. The summed E-state index contributed by atoms with van der Waals surface area (Å²) in [4.78, 5) is 7.01. The van der Waals surface area contributed by atoms with Crippen molar-refractivity contribution in [1.82, 2.24) is 15.5 Å². The van der Waals surface area contributed by atoms with Crippen molar-refractivity contribution in [3.63, 3.8) is 0 Å². The minimum Gasteiger partial charge on any atom is -0.357 e. The van der Waals surface area contributed by atoms with E-state index in [1.165, 1.54) is 12.1 Å². The standard InChI is InChI=1S/C18H31FN4/c1-4-20-18(21-13-7-15-23(5-2)6-3)22-14-12-16-8-10-17(19)11-9-16/h8-11H,4-7,12-15H2,1-3H3,(H2,20,21,22). The maximum atomic E-state index is 12.9. The Bertz CT molecular complexity index is 441. The van der Waals surface area contributed by atoms with E-state index < -0.39 is 0 Å². The summed E-state index contributed by atoms with van der Waals surface area (Å²) in [7, 11) is 0. The van der Waals surface area contributed by atoms with Crippen molar-refractivity contribution in [3.05, 3.63) is 35.6 Å². The number of nitrogens with one attached hydrogen (secondary N) is 2. The molecule has 0 unspecified atom stereocenters. The lowest BCUT2D eigenvalue weighted by Gasteiger charge is -2.17. The smallest absolute Gasteiger partial charge is 0.191 e. The van der Waals surface area contributed by atoms with Gasteiger partial charge in [0, 0.05) is 19.6 Å². The molecular formula is C18H31FN4. The zero-order valence-corrected chi connectivity index (χ0v) is 14.7. The van der Waals surface area contributed by atoms with E-state index >= 15 is 0 Å². The summed E-state index contributed by atoms with van der Waals surface area (Å²) in [5.74, 6) is 0.666. The minimum absolute atomic E-state index is 0.190. The van der Waals surface area contributed by atoms with E-state index in [1.54, 1.807) is 0 Å². The van der Waals surface area contributed by atoms with Crippen LogP contribution in [0.3, 0.4) is 0 Å². The van der Waals surface area contributed by atoms with Crippen molar-refractivity contribution in [2.75, 3.05) is 39.3 Å². The topological polar surface area (TPSA) is 39.7 Å². The van der Waals surface area contributed by atoms with E-state index in [0.29, 0.717) is 0 Å². The van der Waals surface area contributed by atoms with Gasteiger partial charge in [-0.05, 0) is 57.1 Å². The number of halogens is 1. The maximum absolute atomic E-state index is 12.9. The molecule has 1 rings (SSSR count). The Morgan fingerprint density at radius 1 is 1.09 bits per heavy atom. The van der Waals surface area contributed by atoms with Crippen LogP contribution < -0.4 is 10.6 Å². The van der Waals surface area contributed by atoms with Gasteiger partial charge in [0.05, 0.1) is 0 Å². The third-order valence-electron chi connectivity index (χ3n) is 3.76. The maximum Gasteiger partial charge on any atom is 0.191 e. The van der Waals surface area contributed by atoms with E-state index in [0.717, 1.165) is 63.6 Å². The molecule has 0 amide bonds. The molecule has 0 aliphatic heterocycles. The molecule has 5 heteroatoms. The monoisotopic (exact) mass is 322 g/mol. The number of aliphatic imine (C=N–C) groups is 1. The normalized spacial score (nSPS) is 11.8. The fourth-order valence-corrected chi connectivity index (χ4v) is 2.34. The summed E-state index contributed by atoms with van der Waals surface area (Å²) in [6, 6.07) is 6.65. The van der Waals surface area contributed by atoms with E-state index in [-0.39, 0.29) is 5.82 Å². The number of hydrogen-bond acceptors (Lipinski definition) is 2. The molecule has 0 radical (unpaired) electrons.